The fourth-order valence-corrected chi connectivity index (χ4v) is 1.69. The Morgan fingerprint density at radius 1 is 1.21 bits per heavy atom. The molecule has 5 nitrogen and oxygen atoms in total. The van der Waals surface area contributed by atoms with E-state index in [9.17, 15) is 9.59 Å². The van der Waals surface area contributed by atoms with Crippen molar-refractivity contribution in [1.29, 1.82) is 0 Å². The lowest BCUT2D eigenvalue weighted by molar-refractivity contribution is -0.126. The van der Waals surface area contributed by atoms with Crippen LogP contribution in [0.25, 0.3) is 0 Å². The molecule has 0 saturated carbocycles. The van der Waals surface area contributed by atoms with E-state index in [4.69, 9.17) is 5.11 Å². The van der Waals surface area contributed by atoms with Crippen LogP contribution in [-0.4, -0.2) is 29.1 Å². The van der Waals surface area contributed by atoms with Crippen LogP contribution in [0.2, 0.25) is 0 Å². The van der Waals surface area contributed by atoms with Crippen LogP contribution >= 0.6 is 0 Å². The number of carboxylic acids is 1. The van der Waals surface area contributed by atoms with E-state index in [-0.39, 0.29) is 11.5 Å². The predicted molar refractivity (Wildman–Crippen MR) is 73.0 cm³/mol. The Hall–Kier alpha value is -1.88. The Bertz CT molecular complexity index is 452. The first-order valence-electron chi connectivity index (χ1n) is 6.22. The monoisotopic (exact) mass is 264 g/mol. The molecule has 0 unspecified atom stereocenters. The summed E-state index contributed by atoms with van der Waals surface area (Å²) in [6, 6.07) is 6.45. The molecule has 0 saturated heterocycles. The third kappa shape index (κ3) is 4.37. The van der Waals surface area contributed by atoms with Crippen LogP contribution in [0, 0.1) is 0 Å². The molecule has 0 aromatic heterocycles. The normalized spacial score (nSPS) is 11.1. The molecule has 104 valence electrons. The molecule has 1 aromatic carbocycles. The number of carbonyl (C=O) groups is 2. The van der Waals surface area contributed by atoms with Crippen LogP contribution in [0.4, 0.5) is 0 Å². The summed E-state index contributed by atoms with van der Waals surface area (Å²) in [5.74, 6) is -1.04. The van der Waals surface area contributed by atoms with Gasteiger partial charge in [-0.3, -0.25) is 4.79 Å². The van der Waals surface area contributed by atoms with E-state index in [1.165, 1.54) is 12.1 Å². The number of aromatic carboxylic acids is 1. The number of rotatable bonds is 6. The maximum absolute atomic E-state index is 11.9. The zero-order valence-electron chi connectivity index (χ0n) is 11.5. The first kappa shape index (κ1) is 15.2. The van der Waals surface area contributed by atoms with Gasteiger partial charge in [-0.25, -0.2) is 4.79 Å². The topological polar surface area (TPSA) is 78.4 Å². The fourth-order valence-electron chi connectivity index (χ4n) is 1.69. The van der Waals surface area contributed by atoms with Crippen LogP contribution in [0.15, 0.2) is 24.3 Å². The lowest BCUT2D eigenvalue weighted by Crippen LogP contribution is -2.52. The molecular formula is C14H20N2O3. The zero-order chi connectivity index (χ0) is 14.5. The van der Waals surface area contributed by atoms with E-state index in [2.05, 4.69) is 10.6 Å². The zero-order valence-corrected chi connectivity index (χ0v) is 11.5. The molecule has 0 aliphatic heterocycles. The molecule has 0 atom stereocenters. The second-order valence-electron chi connectivity index (χ2n) is 4.84. The van der Waals surface area contributed by atoms with E-state index >= 15 is 0 Å². The summed E-state index contributed by atoms with van der Waals surface area (Å²) in [5, 5.41) is 14.7. The van der Waals surface area contributed by atoms with E-state index in [0.29, 0.717) is 13.1 Å². The smallest absolute Gasteiger partial charge is 0.335 e. The second-order valence-corrected chi connectivity index (χ2v) is 4.84. The van der Waals surface area contributed by atoms with Crippen molar-refractivity contribution in [2.45, 2.75) is 32.9 Å². The summed E-state index contributed by atoms with van der Waals surface area (Å²) >= 11 is 0. The van der Waals surface area contributed by atoms with E-state index in [1.54, 1.807) is 12.1 Å². The minimum absolute atomic E-state index is 0.0864. The number of hydrogen-bond donors (Lipinski definition) is 3. The number of hydrogen-bond acceptors (Lipinski definition) is 3. The van der Waals surface area contributed by atoms with Gasteiger partial charge in [-0.05, 0) is 38.1 Å². The lowest BCUT2D eigenvalue weighted by atomic mass is 10.0. The number of carboxylic acid groups (broad SMARTS) is 1. The molecule has 1 amide bonds. The number of amides is 1. The third-order valence-corrected chi connectivity index (χ3v) is 2.84. The Balaban J connectivity index is 2.57. The molecule has 0 bridgehead atoms. The van der Waals surface area contributed by atoms with Crippen molar-refractivity contribution >= 4 is 11.9 Å². The Morgan fingerprint density at radius 3 is 2.26 bits per heavy atom. The molecule has 1 aromatic rings. The van der Waals surface area contributed by atoms with E-state index in [0.717, 1.165) is 5.56 Å². The van der Waals surface area contributed by atoms with Gasteiger partial charge >= 0.3 is 5.97 Å². The summed E-state index contributed by atoms with van der Waals surface area (Å²) in [7, 11) is 0. The predicted octanol–water partition coefficient (Wildman–Crippen LogP) is 1.39. The molecule has 0 heterocycles. The van der Waals surface area contributed by atoms with Crippen molar-refractivity contribution in [3.05, 3.63) is 35.4 Å². The van der Waals surface area contributed by atoms with Gasteiger partial charge in [0.25, 0.3) is 0 Å². The molecular weight excluding hydrogens is 244 g/mol. The molecule has 0 aliphatic carbocycles. The summed E-state index contributed by atoms with van der Waals surface area (Å²) in [5.41, 5.74) is 0.490. The highest BCUT2D eigenvalue weighted by atomic mass is 16.4. The van der Waals surface area contributed by atoms with Crippen LogP contribution in [-0.2, 0) is 11.3 Å². The highest BCUT2D eigenvalue weighted by Crippen LogP contribution is 2.06. The van der Waals surface area contributed by atoms with Gasteiger partial charge in [0.05, 0.1) is 11.1 Å². The summed E-state index contributed by atoms with van der Waals surface area (Å²) in [4.78, 5) is 22.6. The second kappa shape index (κ2) is 6.33. The Kier molecular flexibility index (Phi) is 5.06. The Morgan fingerprint density at radius 2 is 1.79 bits per heavy atom. The van der Waals surface area contributed by atoms with Crippen molar-refractivity contribution in [2.75, 3.05) is 6.54 Å². The molecule has 0 fully saturated rings. The summed E-state index contributed by atoms with van der Waals surface area (Å²) < 4.78 is 0. The fraction of sp³-hybridized carbons (Fsp3) is 0.429. The van der Waals surface area contributed by atoms with Crippen molar-refractivity contribution in [1.82, 2.24) is 10.6 Å². The quantitative estimate of drug-likeness (QED) is 0.725. The molecule has 0 radical (unpaired) electrons. The average molecular weight is 264 g/mol. The van der Waals surface area contributed by atoms with Gasteiger partial charge in [-0.15, -0.1) is 0 Å². The number of nitrogens with one attached hydrogen (secondary N) is 2. The minimum Gasteiger partial charge on any atom is -0.478 e. The van der Waals surface area contributed by atoms with E-state index in [1.807, 2.05) is 20.8 Å². The number of benzene rings is 1. The van der Waals surface area contributed by atoms with Gasteiger partial charge in [0.15, 0.2) is 0 Å². The van der Waals surface area contributed by atoms with E-state index < -0.39 is 11.5 Å². The van der Waals surface area contributed by atoms with Crippen LogP contribution in [0.5, 0.6) is 0 Å². The molecule has 0 aliphatic rings. The maximum atomic E-state index is 11.9. The highest BCUT2D eigenvalue weighted by molar-refractivity contribution is 5.87. The summed E-state index contributed by atoms with van der Waals surface area (Å²) in [6.45, 7) is 6.68. The van der Waals surface area contributed by atoms with Crippen molar-refractivity contribution in [2.24, 2.45) is 0 Å². The van der Waals surface area contributed by atoms with Gasteiger partial charge in [0.1, 0.15) is 0 Å². The van der Waals surface area contributed by atoms with Gasteiger partial charge in [0.2, 0.25) is 5.91 Å². The average Bonchev–Trinajstić information content (AvgIpc) is 2.36. The summed E-state index contributed by atoms with van der Waals surface area (Å²) in [6.07, 6.45) is 0. The maximum Gasteiger partial charge on any atom is 0.335 e. The van der Waals surface area contributed by atoms with Crippen molar-refractivity contribution in [3.63, 3.8) is 0 Å². The molecule has 5 heteroatoms. The lowest BCUT2D eigenvalue weighted by Gasteiger charge is -2.24. The van der Waals surface area contributed by atoms with Crippen molar-refractivity contribution < 1.29 is 14.7 Å². The van der Waals surface area contributed by atoms with Gasteiger partial charge in [0, 0.05) is 6.54 Å². The molecule has 19 heavy (non-hydrogen) atoms. The molecule has 3 N–H and O–H groups in total. The van der Waals surface area contributed by atoms with Crippen LogP contribution < -0.4 is 10.6 Å². The van der Waals surface area contributed by atoms with Crippen molar-refractivity contribution in [3.8, 4) is 0 Å². The first-order chi connectivity index (χ1) is 8.86. The third-order valence-electron chi connectivity index (χ3n) is 2.84. The van der Waals surface area contributed by atoms with Crippen LogP contribution in [0.3, 0.4) is 0 Å². The first-order valence-corrected chi connectivity index (χ1v) is 6.22. The number of likely N-dealkylation sites (N-methyl/N-ethyl adjacent to an activating group) is 1. The van der Waals surface area contributed by atoms with Gasteiger partial charge in [-0.1, -0.05) is 19.1 Å². The van der Waals surface area contributed by atoms with Gasteiger partial charge in [-0.2, -0.15) is 0 Å². The highest BCUT2D eigenvalue weighted by Gasteiger charge is 2.25. The molecule has 1 rings (SSSR count). The minimum atomic E-state index is -0.955. The standard InChI is InChI=1S/C14H20N2O3/c1-4-16-14(2,3)13(19)15-9-10-5-7-11(8-6-10)12(17)18/h5-8,16H,4,9H2,1-3H3,(H,15,19)(H,17,18). The van der Waals surface area contributed by atoms with Gasteiger partial charge < -0.3 is 15.7 Å². The largest absolute Gasteiger partial charge is 0.478 e. The van der Waals surface area contributed by atoms with Crippen LogP contribution in [0.1, 0.15) is 36.7 Å². The SMILES string of the molecule is CCNC(C)(C)C(=O)NCc1ccc(C(=O)O)cc1. The Labute approximate surface area is 113 Å². The number of carbonyl (C=O) groups excluding carboxylic acids is 1. The molecule has 0 spiro atoms.